The number of carbonyl (C=O) groups is 1. The van der Waals surface area contributed by atoms with Gasteiger partial charge in [-0.2, -0.15) is 0 Å². The zero-order valence-corrected chi connectivity index (χ0v) is 16.6. The monoisotopic (exact) mass is 381 g/mol. The fourth-order valence-electron chi connectivity index (χ4n) is 2.99. The molecule has 140 valence electrons. The molecule has 0 aliphatic heterocycles. The minimum absolute atomic E-state index is 0.154. The molecule has 27 heavy (non-hydrogen) atoms. The number of thioether (sulfide) groups is 1. The average molecular weight is 382 g/mol. The normalized spacial score (nSPS) is 10.8. The van der Waals surface area contributed by atoms with Crippen LogP contribution in [0.3, 0.4) is 0 Å². The second kappa shape index (κ2) is 8.86. The molecule has 3 rings (SSSR count). The number of amides is 1. The first-order valence-corrected chi connectivity index (χ1v) is 9.86. The molecule has 1 amide bonds. The fourth-order valence-corrected chi connectivity index (χ4v) is 3.85. The van der Waals surface area contributed by atoms with E-state index in [9.17, 15) is 4.79 Å². The summed E-state index contributed by atoms with van der Waals surface area (Å²) in [7, 11) is 0. The van der Waals surface area contributed by atoms with Crippen molar-refractivity contribution in [3.8, 4) is 0 Å². The van der Waals surface area contributed by atoms with E-state index >= 15 is 0 Å². The van der Waals surface area contributed by atoms with Crippen molar-refractivity contribution in [3.63, 3.8) is 0 Å². The van der Waals surface area contributed by atoms with Gasteiger partial charge in [-0.1, -0.05) is 41.0 Å². The van der Waals surface area contributed by atoms with Gasteiger partial charge in [0.2, 0.25) is 11.8 Å². The number of aryl methyl sites for hydroxylation is 4. The Balaban J connectivity index is 1.52. The Kier molecular flexibility index (Phi) is 6.29. The van der Waals surface area contributed by atoms with Crippen LogP contribution >= 0.6 is 11.8 Å². The molecule has 0 unspecified atom stereocenters. The lowest BCUT2D eigenvalue weighted by Crippen LogP contribution is -2.16. The number of hydrogen-bond acceptors (Lipinski definition) is 5. The van der Waals surface area contributed by atoms with E-state index in [0.717, 1.165) is 22.4 Å². The third-order valence-corrected chi connectivity index (χ3v) is 5.23. The van der Waals surface area contributed by atoms with Crippen molar-refractivity contribution in [1.82, 2.24) is 10.2 Å². The number of rotatable bonds is 7. The maximum Gasteiger partial charge on any atom is 0.322 e. The molecular weight excluding hydrogens is 358 g/mol. The smallest absolute Gasteiger partial charge is 0.322 e. The quantitative estimate of drug-likeness (QED) is 0.610. The highest BCUT2D eigenvalue weighted by molar-refractivity contribution is 7.99. The molecule has 0 atom stereocenters. The summed E-state index contributed by atoms with van der Waals surface area (Å²) < 4.78 is 5.54. The van der Waals surface area contributed by atoms with Gasteiger partial charge >= 0.3 is 6.01 Å². The summed E-state index contributed by atoms with van der Waals surface area (Å²) in [5.41, 5.74) is 4.47. The zero-order chi connectivity index (χ0) is 19.2. The van der Waals surface area contributed by atoms with Crippen molar-refractivity contribution in [2.75, 3.05) is 11.1 Å². The lowest BCUT2D eigenvalue weighted by Gasteiger charge is -2.10. The predicted octanol–water partition coefficient (Wildman–Crippen LogP) is 4.51. The van der Waals surface area contributed by atoms with Crippen LogP contribution in [0.4, 0.5) is 6.01 Å². The summed E-state index contributed by atoms with van der Waals surface area (Å²) in [5, 5.41) is 10.6. The third-order valence-electron chi connectivity index (χ3n) is 4.22. The van der Waals surface area contributed by atoms with Gasteiger partial charge < -0.3 is 4.42 Å². The highest BCUT2D eigenvalue weighted by Crippen LogP contribution is 2.19. The first-order chi connectivity index (χ1) is 13.0. The molecule has 0 aliphatic carbocycles. The maximum atomic E-state index is 12.3. The number of nitrogens with zero attached hydrogens (tertiary/aromatic N) is 2. The minimum atomic E-state index is -0.154. The van der Waals surface area contributed by atoms with Crippen LogP contribution in [-0.4, -0.2) is 21.9 Å². The molecular formula is C21H23N3O2S. The topological polar surface area (TPSA) is 68.0 Å². The van der Waals surface area contributed by atoms with Gasteiger partial charge in [0.15, 0.2) is 0 Å². The molecule has 0 saturated carbocycles. The van der Waals surface area contributed by atoms with E-state index in [4.69, 9.17) is 4.42 Å². The van der Waals surface area contributed by atoms with Crippen molar-refractivity contribution in [1.29, 1.82) is 0 Å². The summed E-state index contributed by atoms with van der Waals surface area (Å²) >= 11 is 1.73. The Morgan fingerprint density at radius 2 is 1.78 bits per heavy atom. The maximum absolute atomic E-state index is 12.3. The molecule has 1 N–H and O–H groups in total. The Bertz CT molecular complexity index is 899. The van der Waals surface area contributed by atoms with Crippen molar-refractivity contribution >= 4 is 23.7 Å². The molecule has 0 saturated heterocycles. The van der Waals surface area contributed by atoms with Crippen LogP contribution in [0.25, 0.3) is 0 Å². The fraction of sp³-hybridized carbons (Fsp3) is 0.286. The van der Waals surface area contributed by atoms with Gasteiger partial charge in [-0.05, 0) is 49.6 Å². The molecule has 0 bridgehead atoms. The van der Waals surface area contributed by atoms with E-state index in [1.54, 1.807) is 11.8 Å². The highest BCUT2D eigenvalue weighted by atomic mass is 32.2. The van der Waals surface area contributed by atoms with E-state index in [2.05, 4.69) is 46.7 Å². The van der Waals surface area contributed by atoms with E-state index in [-0.39, 0.29) is 11.9 Å². The lowest BCUT2D eigenvalue weighted by molar-refractivity contribution is -0.115. The Morgan fingerprint density at radius 1 is 1.07 bits per heavy atom. The first kappa shape index (κ1) is 19.2. The molecule has 0 aliphatic rings. The zero-order valence-electron chi connectivity index (χ0n) is 15.8. The standard InChI is InChI=1S/C21H23N3O2S/c1-14-11-15(2)18(16(3)12-14)13-19(25)22-21-24-23-20(26-21)9-10-27-17-7-5-4-6-8-17/h4-8,11-12H,9-10,13H2,1-3H3,(H,22,24,25). The number of benzene rings is 2. The van der Waals surface area contributed by atoms with Crippen molar-refractivity contribution in [3.05, 3.63) is 70.6 Å². The summed E-state index contributed by atoms with van der Waals surface area (Å²) in [6.07, 6.45) is 0.943. The molecule has 2 aromatic carbocycles. The van der Waals surface area contributed by atoms with E-state index in [1.807, 2.05) is 32.0 Å². The van der Waals surface area contributed by atoms with Crippen LogP contribution in [0.1, 0.15) is 28.1 Å². The Morgan fingerprint density at radius 3 is 2.48 bits per heavy atom. The van der Waals surface area contributed by atoms with Crippen molar-refractivity contribution < 1.29 is 9.21 Å². The summed E-state index contributed by atoms with van der Waals surface area (Å²) in [6.45, 7) is 6.11. The summed E-state index contributed by atoms with van der Waals surface area (Å²) in [6, 6.07) is 14.5. The van der Waals surface area contributed by atoms with Gasteiger partial charge in [-0.15, -0.1) is 16.9 Å². The largest absolute Gasteiger partial charge is 0.408 e. The van der Waals surface area contributed by atoms with Gasteiger partial charge in [-0.3, -0.25) is 10.1 Å². The Labute approximate surface area is 163 Å². The molecule has 1 aromatic heterocycles. The van der Waals surface area contributed by atoms with Gasteiger partial charge in [0.1, 0.15) is 0 Å². The molecule has 1 heterocycles. The molecule has 0 spiro atoms. The number of anilines is 1. The van der Waals surface area contributed by atoms with Crippen LogP contribution in [0.15, 0.2) is 51.8 Å². The number of hydrogen-bond donors (Lipinski definition) is 1. The average Bonchev–Trinajstić information content (AvgIpc) is 3.06. The van der Waals surface area contributed by atoms with Crippen LogP contribution < -0.4 is 5.32 Å². The molecule has 5 nitrogen and oxygen atoms in total. The summed E-state index contributed by atoms with van der Waals surface area (Å²) in [4.78, 5) is 13.5. The molecule has 0 radical (unpaired) electrons. The van der Waals surface area contributed by atoms with Crippen LogP contribution in [0.5, 0.6) is 0 Å². The van der Waals surface area contributed by atoms with E-state index < -0.39 is 0 Å². The third kappa shape index (κ3) is 5.44. The minimum Gasteiger partial charge on any atom is -0.408 e. The molecule has 3 aromatic rings. The van der Waals surface area contributed by atoms with Crippen molar-refractivity contribution in [2.45, 2.75) is 38.5 Å². The first-order valence-electron chi connectivity index (χ1n) is 8.88. The predicted molar refractivity (Wildman–Crippen MR) is 108 cm³/mol. The van der Waals surface area contributed by atoms with Gasteiger partial charge in [-0.25, -0.2) is 0 Å². The van der Waals surface area contributed by atoms with E-state index in [1.165, 1.54) is 10.5 Å². The molecule has 0 fully saturated rings. The number of nitrogens with one attached hydrogen (secondary N) is 1. The van der Waals surface area contributed by atoms with Gasteiger partial charge in [0.25, 0.3) is 0 Å². The van der Waals surface area contributed by atoms with E-state index in [0.29, 0.717) is 18.7 Å². The second-order valence-corrected chi connectivity index (χ2v) is 7.68. The van der Waals surface area contributed by atoms with Crippen LogP contribution in [-0.2, 0) is 17.6 Å². The van der Waals surface area contributed by atoms with Gasteiger partial charge in [0, 0.05) is 17.1 Å². The van der Waals surface area contributed by atoms with Gasteiger partial charge in [0.05, 0.1) is 6.42 Å². The number of aromatic nitrogens is 2. The molecule has 6 heteroatoms. The van der Waals surface area contributed by atoms with Crippen LogP contribution in [0, 0.1) is 20.8 Å². The number of carbonyl (C=O) groups excluding carboxylic acids is 1. The lowest BCUT2D eigenvalue weighted by atomic mass is 9.97. The SMILES string of the molecule is Cc1cc(C)c(CC(=O)Nc2nnc(CCSc3ccccc3)o2)c(C)c1. The Hall–Kier alpha value is -2.60. The van der Waals surface area contributed by atoms with Crippen LogP contribution in [0.2, 0.25) is 0 Å². The second-order valence-electron chi connectivity index (χ2n) is 6.51. The van der Waals surface area contributed by atoms with Crippen molar-refractivity contribution in [2.24, 2.45) is 0 Å². The highest BCUT2D eigenvalue weighted by Gasteiger charge is 2.13. The summed E-state index contributed by atoms with van der Waals surface area (Å²) in [5.74, 6) is 1.21.